The Kier molecular flexibility index (Phi) is 5.53. The predicted octanol–water partition coefficient (Wildman–Crippen LogP) is 2.80. The standard InChI is InChI=1S/C14H14ClNO3/c1-3-19-14(18)11-5-4-10(6-7-16)12(8-11)13(15)9(2)17/h4-5,8,13H,3,6H2,1-2H3. The first-order valence-corrected chi connectivity index (χ1v) is 6.26. The average molecular weight is 280 g/mol. The van der Waals surface area contributed by atoms with Crippen molar-refractivity contribution in [3.63, 3.8) is 0 Å². The van der Waals surface area contributed by atoms with Crippen molar-refractivity contribution in [1.29, 1.82) is 5.26 Å². The third kappa shape index (κ3) is 3.80. The van der Waals surface area contributed by atoms with Crippen molar-refractivity contribution in [2.75, 3.05) is 6.61 Å². The Balaban J connectivity index is 3.22. The molecule has 0 amide bonds. The maximum Gasteiger partial charge on any atom is 0.338 e. The van der Waals surface area contributed by atoms with Crippen LogP contribution in [0, 0.1) is 11.3 Å². The molecule has 0 fully saturated rings. The summed E-state index contributed by atoms with van der Waals surface area (Å²) in [5.41, 5.74) is 1.46. The van der Waals surface area contributed by atoms with Crippen LogP contribution in [-0.4, -0.2) is 18.4 Å². The number of halogens is 1. The molecule has 1 rings (SSSR count). The lowest BCUT2D eigenvalue weighted by Gasteiger charge is -2.12. The number of alkyl halides is 1. The fraction of sp³-hybridized carbons (Fsp3) is 0.357. The first-order chi connectivity index (χ1) is 9.01. The van der Waals surface area contributed by atoms with Crippen LogP contribution in [0.2, 0.25) is 0 Å². The van der Waals surface area contributed by atoms with E-state index in [-0.39, 0.29) is 18.8 Å². The number of Topliss-reactive ketones (excluding diaryl/α,β-unsaturated/α-hetero) is 1. The van der Waals surface area contributed by atoms with Crippen LogP contribution < -0.4 is 0 Å². The van der Waals surface area contributed by atoms with E-state index in [1.54, 1.807) is 19.1 Å². The predicted molar refractivity (Wildman–Crippen MR) is 71.0 cm³/mol. The molecular weight excluding hydrogens is 266 g/mol. The van der Waals surface area contributed by atoms with Gasteiger partial charge in [-0.1, -0.05) is 6.07 Å². The zero-order chi connectivity index (χ0) is 14.4. The number of carbonyl (C=O) groups is 2. The highest BCUT2D eigenvalue weighted by molar-refractivity contribution is 6.31. The van der Waals surface area contributed by atoms with Crippen LogP contribution >= 0.6 is 11.6 Å². The molecule has 1 atom stereocenters. The molecule has 0 aromatic heterocycles. The van der Waals surface area contributed by atoms with E-state index in [0.29, 0.717) is 16.7 Å². The number of ketones is 1. The molecule has 0 N–H and O–H groups in total. The molecule has 0 aliphatic carbocycles. The van der Waals surface area contributed by atoms with E-state index in [1.807, 2.05) is 6.07 Å². The minimum atomic E-state index is -0.863. The quantitative estimate of drug-likeness (QED) is 0.614. The number of nitriles is 1. The second kappa shape index (κ2) is 6.91. The summed E-state index contributed by atoms with van der Waals surface area (Å²) in [6, 6.07) is 6.72. The average Bonchev–Trinajstić information content (AvgIpc) is 2.38. The second-order valence-corrected chi connectivity index (χ2v) is 4.38. The summed E-state index contributed by atoms with van der Waals surface area (Å²) in [6.45, 7) is 3.35. The topological polar surface area (TPSA) is 67.2 Å². The van der Waals surface area contributed by atoms with Crippen LogP contribution in [0.15, 0.2) is 18.2 Å². The van der Waals surface area contributed by atoms with Crippen molar-refractivity contribution < 1.29 is 14.3 Å². The molecule has 1 aromatic rings. The molecule has 0 saturated heterocycles. The Morgan fingerprint density at radius 1 is 1.47 bits per heavy atom. The van der Waals surface area contributed by atoms with Gasteiger partial charge in [0, 0.05) is 0 Å². The monoisotopic (exact) mass is 279 g/mol. The lowest BCUT2D eigenvalue weighted by molar-refractivity contribution is -0.116. The summed E-state index contributed by atoms with van der Waals surface area (Å²) in [5.74, 6) is -0.707. The third-order valence-electron chi connectivity index (χ3n) is 2.56. The number of hydrogen-bond donors (Lipinski definition) is 0. The third-order valence-corrected chi connectivity index (χ3v) is 3.10. The summed E-state index contributed by atoms with van der Waals surface area (Å²) >= 11 is 6.02. The van der Waals surface area contributed by atoms with Crippen LogP contribution in [0.25, 0.3) is 0 Å². The van der Waals surface area contributed by atoms with Crippen molar-refractivity contribution in [3.05, 3.63) is 34.9 Å². The van der Waals surface area contributed by atoms with Gasteiger partial charge in [0.15, 0.2) is 5.78 Å². The maximum absolute atomic E-state index is 11.6. The highest BCUT2D eigenvalue weighted by Gasteiger charge is 2.19. The van der Waals surface area contributed by atoms with E-state index >= 15 is 0 Å². The summed E-state index contributed by atoms with van der Waals surface area (Å²) in [7, 11) is 0. The lowest BCUT2D eigenvalue weighted by atomic mass is 9.97. The van der Waals surface area contributed by atoms with Crippen LogP contribution in [0.5, 0.6) is 0 Å². The zero-order valence-corrected chi connectivity index (χ0v) is 11.5. The van der Waals surface area contributed by atoms with Crippen molar-refractivity contribution in [2.24, 2.45) is 0 Å². The molecule has 5 heteroatoms. The first-order valence-electron chi connectivity index (χ1n) is 5.82. The summed E-state index contributed by atoms with van der Waals surface area (Å²) in [5, 5.41) is 7.89. The smallest absolute Gasteiger partial charge is 0.338 e. The van der Waals surface area contributed by atoms with Gasteiger partial charge in [-0.25, -0.2) is 4.79 Å². The van der Waals surface area contributed by atoms with Gasteiger partial charge in [0.1, 0.15) is 5.38 Å². The van der Waals surface area contributed by atoms with Crippen LogP contribution in [0.1, 0.15) is 40.7 Å². The van der Waals surface area contributed by atoms with Crippen molar-refractivity contribution in [1.82, 2.24) is 0 Å². The van der Waals surface area contributed by atoms with Gasteiger partial charge >= 0.3 is 5.97 Å². The molecular formula is C14H14ClNO3. The number of rotatable bonds is 5. The molecule has 100 valence electrons. The molecule has 0 radical (unpaired) electrons. The van der Waals surface area contributed by atoms with Gasteiger partial charge in [-0.15, -0.1) is 11.6 Å². The molecule has 1 unspecified atom stereocenters. The van der Waals surface area contributed by atoms with Crippen molar-refractivity contribution >= 4 is 23.4 Å². The Morgan fingerprint density at radius 2 is 2.16 bits per heavy atom. The Bertz CT molecular complexity index is 534. The van der Waals surface area contributed by atoms with Crippen molar-refractivity contribution in [2.45, 2.75) is 25.6 Å². The fourth-order valence-electron chi connectivity index (χ4n) is 1.64. The van der Waals surface area contributed by atoms with E-state index in [4.69, 9.17) is 21.6 Å². The summed E-state index contributed by atoms with van der Waals surface area (Å²) in [4.78, 5) is 23.0. The molecule has 0 aliphatic heterocycles. The van der Waals surface area contributed by atoms with Gasteiger partial charge < -0.3 is 4.74 Å². The van der Waals surface area contributed by atoms with Crippen molar-refractivity contribution in [3.8, 4) is 6.07 Å². The van der Waals surface area contributed by atoms with Gasteiger partial charge in [0.2, 0.25) is 0 Å². The molecule has 0 aliphatic rings. The Labute approximate surface area is 116 Å². The van der Waals surface area contributed by atoms with Gasteiger partial charge in [0.25, 0.3) is 0 Å². The van der Waals surface area contributed by atoms with Gasteiger partial charge in [-0.3, -0.25) is 4.79 Å². The molecule has 0 spiro atoms. The number of nitrogens with zero attached hydrogens (tertiary/aromatic N) is 1. The van der Waals surface area contributed by atoms with Crippen LogP contribution in [-0.2, 0) is 16.0 Å². The Hall–Kier alpha value is -1.86. The van der Waals surface area contributed by atoms with E-state index in [1.165, 1.54) is 13.0 Å². The summed E-state index contributed by atoms with van der Waals surface area (Å²) in [6.07, 6.45) is 0.134. The van der Waals surface area contributed by atoms with E-state index in [2.05, 4.69) is 0 Å². The molecule has 0 bridgehead atoms. The number of ether oxygens (including phenoxy) is 1. The maximum atomic E-state index is 11.6. The first kappa shape index (κ1) is 15.2. The summed E-state index contributed by atoms with van der Waals surface area (Å²) < 4.78 is 4.89. The molecule has 0 heterocycles. The number of esters is 1. The molecule has 0 saturated carbocycles. The number of hydrogen-bond acceptors (Lipinski definition) is 4. The van der Waals surface area contributed by atoms with E-state index < -0.39 is 11.3 Å². The molecule has 19 heavy (non-hydrogen) atoms. The van der Waals surface area contributed by atoms with E-state index in [0.717, 1.165) is 0 Å². The highest BCUT2D eigenvalue weighted by Crippen LogP contribution is 2.27. The fourth-order valence-corrected chi connectivity index (χ4v) is 1.84. The lowest BCUT2D eigenvalue weighted by Crippen LogP contribution is -2.10. The number of benzene rings is 1. The van der Waals surface area contributed by atoms with E-state index in [9.17, 15) is 9.59 Å². The van der Waals surface area contributed by atoms with Gasteiger partial charge in [-0.2, -0.15) is 5.26 Å². The second-order valence-electron chi connectivity index (χ2n) is 3.94. The largest absolute Gasteiger partial charge is 0.462 e. The SMILES string of the molecule is CCOC(=O)c1ccc(CC#N)c(C(Cl)C(C)=O)c1. The number of carbonyl (C=O) groups excluding carboxylic acids is 2. The minimum absolute atomic E-state index is 0.134. The normalized spacial score (nSPS) is 11.5. The van der Waals surface area contributed by atoms with Crippen LogP contribution in [0.4, 0.5) is 0 Å². The Morgan fingerprint density at radius 3 is 2.68 bits per heavy atom. The van der Waals surface area contributed by atoms with Crippen LogP contribution in [0.3, 0.4) is 0 Å². The van der Waals surface area contributed by atoms with Gasteiger partial charge in [0.05, 0.1) is 24.7 Å². The molecule has 4 nitrogen and oxygen atoms in total. The van der Waals surface area contributed by atoms with Gasteiger partial charge in [-0.05, 0) is 37.1 Å². The highest BCUT2D eigenvalue weighted by atomic mass is 35.5. The molecule has 1 aromatic carbocycles. The minimum Gasteiger partial charge on any atom is -0.462 e. The zero-order valence-electron chi connectivity index (χ0n) is 10.8.